The number of benzene rings is 1. The van der Waals surface area contributed by atoms with Crippen molar-refractivity contribution in [1.29, 1.82) is 0 Å². The summed E-state index contributed by atoms with van der Waals surface area (Å²) in [6, 6.07) is 2.52. The Hall–Kier alpha value is -1.39. The molecule has 1 aliphatic heterocycles. The topological polar surface area (TPSA) is 18.5 Å². The van der Waals surface area contributed by atoms with Crippen LogP contribution in [-0.4, -0.2) is 6.29 Å². The van der Waals surface area contributed by atoms with Gasteiger partial charge in [0.25, 0.3) is 0 Å². The fourth-order valence-corrected chi connectivity index (χ4v) is 1.47. The molecule has 1 aliphatic rings. The first-order valence-electron chi connectivity index (χ1n) is 4.49. The predicted molar refractivity (Wildman–Crippen MR) is 46.7 cm³/mol. The number of alkyl halides is 2. The third-order valence-electron chi connectivity index (χ3n) is 2.16. The molecule has 0 aromatic heterocycles. The van der Waals surface area contributed by atoms with E-state index < -0.39 is 17.9 Å². The Morgan fingerprint density at radius 3 is 2.33 bits per heavy atom. The standard InChI is InChI=1S/C10H9F3O2/c1-5(2)6-3-4-7(11)9-8(6)14-10(12,13)15-9/h3-5H,1-2H3. The molecule has 2 nitrogen and oxygen atoms in total. The van der Waals surface area contributed by atoms with Crippen LogP contribution in [-0.2, 0) is 0 Å². The molecular formula is C10H9F3O2. The highest BCUT2D eigenvalue weighted by atomic mass is 19.3. The normalized spacial score (nSPS) is 17.2. The second kappa shape index (κ2) is 3.05. The second-order valence-corrected chi connectivity index (χ2v) is 3.62. The van der Waals surface area contributed by atoms with Crippen LogP contribution in [0.15, 0.2) is 12.1 Å². The summed E-state index contributed by atoms with van der Waals surface area (Å²) in [5, 5.41) is 0. The number of hydrogen-bond donors (Lipinski definition) is 0. The van der Waals surface area contributed by atoms with Gasteiger partial charge in [0.05, 0.1) is 0 Å². The van der Waals surface area contributed by atoms with E-state index in [1.807, 2.05) is 0 Å². The van der Waals surface area contributed by atoms with Crippen molar-refractivity contribution in [2.24, 2.45) is 0 Å². The van der Waals surface area contributed by atoms with Crippen molar-refractivity contribution in [2.75, 3.05) is 0 Å². The largest absolute Gasteiger partial charge is 0.586 e. The van der Waals surface area contributed by atoms with E-state index in [1.165, 1.54) is 6.07 Å². The molecular weight excluding hydrogens is 209 g/mol. The highest BCUT2D eigenvalue weighted by Gasteiger charge is 2.46. The molecule has 2 rings (SSSR count). The van der Waals surface area contributed by atoms with Crippen LogP contribution in [0.3, 0.4) is 0 Å². The fraction of sp³-hybridized carbons (Fsp3) is 0.400. The van der Waals surface area contributed by atoms with Gasteiger partial charge in [0, 0.05) is 5.56 Å². The summed E-state index contributed by atoms with van der Waals surface area (Å²) in [4.78, 5) is 0. The highest BCUT2D eigenvalue weighted by Crippen LogP contribution is 2.46. The number of rotatable bonds is 1. The van der Waals surface area contributed by atoms with Gasteiger partial charge in [-0.15, -0.1) is 8.78 Å². The van der Waals surface area contributed by atoms with Gasteiger partial charge in [-0.25, -0.2) is 4.39 Å². The number of halogens is 3. The number of fused-ring (bicyclic) bond motifs is 1. The molecule has 0 unspecified atom stereocenters. The lowest BCUT2D eigenvalue weighted by Crippen LogP contribution is -2.26. The minimum atomic E-state index is -3.77. The molecule has 1 aromatic carbocycles. The Morgan fingerprint density at radius 2 is 1.73 bits per heavy atom. The van der Waals surface area contributed by atoms with Crippen molar-refractivity contribution >= 4 is 0 Å². The summed E-state index contributed by atoms with van der Waals surface area (Å²) in [7, 11) is 0. The number of hydrogen-bond acceptors (Lipinski definition) is 2. The van der Waals surface area contributed by atoms with Crippen LogP contribution >= 0.6 is 0 Å². The van der Waals surface area contributed by atoms with E-state index in [-0.39, 0.29) is 11.7 Å². The number of ether oxygens (including phenoxy) is 2. The van der Waals surface area contributed by atoms with Crippen molar-refractivity contribution in [1.82, 2.24) is 0 Å². The molecule has 1 aromatic rings. The Kier molecular flexibility index (Phi) is 2.06. The molecule has 0 amide bonds. The maximum absolute atomic E-state index is 13.1. The van der Waals surface area contributed by atoms with Crippen LogP contribution in [0.4, 0.5) is 13.2 Å². The van der Waals surface area contributed by atoms with E-state index in [2.05, 4.69) is 9.47 Å². The van der Waals surface area contributed by atoms with Crippen LogP contribution in [0.1, 0.15) is 25.3 Å². The molecule has 0 bridgehead atoms. The van der Waals surface area contributed by atoms with E-state index >= 15 is 0 Å². The summed E-state index contributed by atoms with van der Waals surface area (Å²) in [6.45, 7) is 3.60. The molecule has 0 spiro atoms. The van der Waals surface area contributed by atoms with Gasteiger partial charge in [0.2, 0.25) is 5.75 Å². The molecule has 5 heteroatoms. The summed E-state index contributed by atoms with van der Waals surface area (Å²) >= 11 is 0. The lowest BCUT2D eigenvalue weighted by molar-refractivity contribution is -0.287. The molecule has 0 atom stereocenters. The summed E-state index contributed by atoms with van der Waals surface area (Å²) in [5.74, 6) is -1.59. The zero-order chi connectivity index (χ0) is 11.2. The molecule has 1 heterocycles. The van der Waals surface area contributed by atoms with E-state index in [0.29, 0.717) is 5.56 Å². The van der Waals surface area contributed by atoms with Crippen molar-refractivity contribution in [2.45, 2.75) is 26.1 Å². The van der Waals surface area contributed by atoms with Crippen molar-refractivity contribution in [3.63, 3.8) is 0 Å². The van der Waals surface area contributed by atoms with Gasteiger partial charge < -0.3 is 9.47 Å². The lowest BCUT2D eigenvalue weighted by atomic mass is 10.0. The van der Waals surface area contributed by atoms with Gasteiger partial charge in [-0.1, -0.05) is 19.9 Å². The Balaban J connectivity index is 2.55. The van der Waals surface area contributed by atoms with Crippen LogP contribution in [0.25, 0.3) is 0 Å². The lowest BCUT2D eigenvalue weighted by Gasteiger charge is -2.09. The van der Waals surface area contributed by atoms with Crippen LogP contribution < -0.4 is 9.47 Å². The van der Waals surface area contributed by atoms with E-state index in [1.54, 1.807) is 13.8 Å². The molecule has 0 radical (unpaired) electrons. The van der Waals surface area contributed by atoms with Crippen molar-refractivity contribution < 1.29 is 22.6 Å². The minimum Gasteiger partial charge on any atom is -0.395 e. The Bertz CT molecular complexity index is 402. The minimum absolute atomic E-state index is 0.0446. The zero-order valence-electron chi connectivity index (χ0n) is 8.18. The molecule has 0 fully saturated rings. The van der Waals surface area contributed by atoms with Gasteiger partial charge in [-0.05, 0) is 12.0 Å². The average molecular weight is 218 g/mol. The summed E-state index contributed by atoms with van der Waals surface area (Å²) < 4.78 is 47.0. The van der Waals surface area contributed by atoms with Gasteiger partial charge >= 0.3 is 6.29 Å². The smallest absolute Gasteiger partial charge is 0.395 e. The third-order valence-corrected chi connectivity index (χ3v) is 2.16. The molecule has 0 N–H and O–H groups in total. The summed E-state index contributed by atoms with van der Waals surface area (Å²) in [5.41, 5.74) is 0.503. The van der Waals surface area contributed by atoms with E-state index in [0.717, 1.165) is 6.07 Å². The Morgan fingerprint density at radius 1 is 1.13 bits per heavy atom. The van der Waals surface area contributed by atoms with Gasteiger partial charge in [-0.2, -0.15) is 0 Å². The molecule has 82 valence electrons. The molecule has 0 saturated heterocycles. The van der Waals surface area contributed by atoms with Crippen LogP contribution in [0.5, 0.6) is 11.5 Å². The summed E-state index contributed by atoms with van der Waals surface area (Å²) in [6.07, 6.45) is -3.77. The quantitative estimate of drug-likeness (QED) is 0.720. The van der Waals surface area contributed by atoms with Gasteiger partial charge in [0.15, 0.2) is 11.6 Å². The van der Waals surface area contributed by atoms with Crippen LogP contribution in [0.2, 0.25) is 0 Å². The monoisotopic (exact) mass is 218 g/mol. The van der Waals surface area contributed by atoms with Crippen molar-refractivity contribution in [3.8, 4) is 11.5 Å². The SMILES string of the molecule is CC(C)c1ccc(F)c2c1OC(F)(F)O2. The molecule has 0 saturated carbocycles. The third kappa shape index (κ3) is 1.62. The van der Waals surface area contributed by atoms with Gasteiger partial charge in [-0.3, -0.25) is 0 Å². The van der Waals surface area contributed by atoms with Crippen LogP contribution in [0, 0.1) is 5.82 Å². The maximum atomic E-state index is 13.1. The maximum Gasteiger partial charge on any atom is 0.586 e. The zero-order valence-corrected chi connectivity index (χ0v) is 8.18. The fourth-order valence-electron chi connectivity index (χ4n) is 1.47. The first-order chi connectivity index (χ1) is 6.91. The van der Waals surface area contributed by atoms with Crippen molar-refractivity contribution in [3.05, 3.63) is 23.5 Å². The second-order valence-electron chi connectivity index (χ2n) is 3.62. The molecule has 15 heavy (non-hydrogen) atoms. The highest BCUT2D eigenvalue weighted by molar-refractivity contribution is 5.50. The van der Waals surface area contributed by atoms with E-state index in [4.69, 9.17) is 0 Å². The van der Waals surface area contributed by atoms with Gasteiger partial charge in [0.1, 0.15) is 0 Å². The van der Waals surface area contributed by atoms with E-state index in [9.17, 15) is 13.2 Å². The average Bonchev–Trinajstić information content (AvgIpc) is 2.41. The first kappa shape index (κ1) is 10.1. The predicted octanol–water partition coefficient (Wildman–Crippen LogP) is 3.27. The first-order valence-corrected chi connectivity index (χ1v) is 4.49. The molecule has 0 aliphatic carbocycles. The Labute approximate surface area is 84.6 Å².